The molecule has 0 saturated carbocycles. The number of aliphatic imine (C=N–C) groups is 1. The molecule has 4 aliphatic heterocycles. The van der Waals surface area contributed by atoms with Crippen LogP contribution in [0.5, 0.6) is 0 Å². The molecule has 47 heavy (non-hydrogen) atoms. The Morgan fingerprint density at radius 2 is 1.68 bits per heavy atom. The smallest absolute Gasteiger partial charge is 0.434 e. The molecule has 0 saturated heterocycles. The monoisotopic (exact) mass is 653 g/mol. The molecule has 0 fully saturated rings. The number of fused-ring (bicyclic) bond motifs is 4. The summed E-state index contributed by atoms with van der Waals surface area (Å²) < 4.78 is 5.64. The largest absolute Gasteiger partial charge is 0.448 e. The van der Waals surface area contributed by atoms with Gasteiger partial charge >= 0.3 is 6.09 Å². The molecule has 4 heterocycles. The molecule has 0 bridgehead atoms. The lowest BCUT2D eigenvalue weighted by molar-refractivity contribution is -0.137. The molecule has 0 unspecified atom stereocenters. The Balaban J connectivity index is 1.14. The standard InChI is InChI=1S/C36H43N5O5Si/c1-6-24-25-14-17-40(3)28(25)22-30-34(24)35(26-20-23-13-16-39(2)27(23)21-29(26)47(30,4)5)38-36(45)46-19-9-7-8-10-31(42)37-15-18-41-32(43)11-12-33(41)44/h6,11-12,20-22H,1,7-10,13-19H2,2-5H3,(H,37,42)/b38-35+. The van der Waals surface area contributed by atoms with Gasteiger partial charge < -0.3 is 19.9 Å². The number of carbonyl (C=O) groups excluding carboxylic acids is 4. The van der Waals surface area contributed by atoms with Crippen LogP contribution in [-0.4, -0.2) is 89.4 Å². The van der Waals surface area contributed by atoms with E-state index in [9.17, 15) is 19.2 Å². The van der Waals surface area contributed by atoms with E-state index < -0.39 is 14.2 Å². The van der Waals surface area contributed by atoms with Gasteiger partial charge in [0.05, 0.1) is 12.3 Å². The molecule has 2 aromatic rings. The maximum atomic E-state index is 13.3. The van der Waals surface area contributed by atoms with Crippen molar-refractivity contribution in [1.82, 2.24) is 10.2 Å². The van der Waals surface area contributed by atoms with E-state index in [2.05, 4.69) is 72.1 Å². The first-order valence-corrected chi connectivity index (χ1v) is 19.5. The van der Waals surface area contributed by atoms with E-state index in [0.29, 0.717) is 31.4 Å². The van der Waals surface area contributed by atoms with Gasteiger partial charge in [0, 0.05) is 81.3 Å². The summed E-state index contributed by atoms with van der Waals surface area (Å²) in [5, 5.41) is 5.30. The SMILES string of the molecule is C=Cc1c2c(cc3c1/C(=N/C(=O)OCCCCCC(=O)NCCN1C(=O)C=CC1=O)c1cc4c(cc1[Si]3(C)C)N(C)CC4)N(C)CC2. The second kappa shape index (κ2) is 12.9. The third-order valence-electron chi connectivity index (χ3n) is 9.99. The Labute approximate surface area is 277 Å². The summed E-state index contributed by atoms with van der Waals surface area (Å²) in [6.45, 7) is 11.5. The summed E-state index contributed by atoms with van der Waals surface area (Å²) in [5.41, 5.74) is 8.87. The number of hydrogen-bond donors (Lipinski definition) is 1. The van der Waals surface area contributed by atoms with Gasteiger partial charge in [-0.1, -0.05) is 25.7 Å². The fraction of sp³-hybridized carbons (Fsp3) is 0.417. The molecule has 6 rings (SSSR count). The third-order valence-corrected chi connectivity index (χ3v) is 13.5. The lowest BCUT2D eigenvalue weighted by atomic mass is 9.90. The number of benzene rings is 2. The number of nitrogens with one attached hydrogen (secondary N) is 1. The molecule has 0 atom stereocenters. The van der Waals surface area contributed by atoms with Gasteiger partial charge in [-0.3, -0.25) is 19.3 Å². The minimum atomic E-state index is -2.19. The van der Waals surface area contributed by atoms with Gasteiger partial charge in [0.1, 0.15) is 8.07 Å². The van der Waals surface area contributed by atoms with Crippen molar-refractivity contribution in [2.75, 3.05) is 56.7 Å². The van der Waals surface area contributed by atoms with Crippen LogP contribution in [0.3, 0.4) is 0 Å². The predicted molar refractivity (Wildman–Crippen MR) is 188 cm³/mol. The lowest BCUT2D eigenvalue weighted by Crippen LogP contribution is -2.60. The van der Waals surface area contributed by atoms with Crippen molar-refractivity contribution >= 4 is 65.4 Å². The number of ether oxygens (including phenoxy) is 1. The minimum Gasteiger partial charge on any atom is -0.448 e. The Morgan fingerprint density at radius 1 is 0.979 bits per heavy atom. The average molecular weight is 654 g/mol. The van der Waals surface area contributed by atoms with E-state index in [-0.39, 0.29) is 37.4 Å². The molecule has 11 heteroatoms. The number of imide groups is 1. The zero-order valence-corrected chi connectivity index (χ0v) is 28.8. The molecule has 2 aromatic carbocycles. The molecule has 0 aliphatic carbocycles. The molecule has 246 valence electrons. The van der Waals surface area contributed by atoms with Gasteiger partial charge in [0.25, 0.3) is 11.8 Å². The first-order chi connectivity index (χ1) is 22.5. The van der Waals surface area contributed by atoms with Crippen molar-refractivity contribution in [1.29, 1.82) is 0 Å². The van der Waals surface area contributed by atoms with Crippen LogP contribution in [0, 0.1) is 0 Å². The number of amides is 4. The average Bonchev–Trinajstić information content (AvgIpc) is 3.71. The van der Waals surface area contributed by atoms with Crippen molar-refractivity contribution < 1.29 is 23.9 Å². The van der Waals surface area contributed by atoms with Gasteiger partial charge in [-0.05, 0) is 77.4 Å². The number of likely N-dealkylation sites (N-methyl/N-ethyl adjacent to an activating group) is 2. The van der Waals surface area contributed by atoms with Crippen molar-refractivity contribution in [2.24, 2.45) is 4.99 Å². The van der Waals surface area contributed by atoms with Crippen LogP contribution < -0.4 is 25.5 Å². The minimum absolute atomic E-state index is 0.144. The quantitative estimate of drug-likeness (QED) is 0.239. The highest BCUT2D eigenvalue weighted by atomic mass is 28.3. The van der Waals surface area contributed by atoms with E-state index in [1.54, 1.807) is 0 Å². The topological polar surface area (TPSA) is 112 Å². The number of carbonyl (C=O) groups is 4. The van der Waals surface area contributed by atoms with Gasteiger partial charge in [-0.15, -0.1) is 0 Å². The van der Waals surface area contributed by atoms with Crippen LogP contribution in [0.4, 0.5) is 16.2 Å². The molecule has 10 nitrogen and oxygen atoms in total. The summed E-state index contributed by atoms with van der Waals surface area (Å²) in [4.78, 5) is 59.1. The van der Waals surface area contributed by atoms with E-state index in [1.807, 2.05) is 6.08 Å². The molecular formula is C36H43N5O5Si. The molecule has 0 aromatic heterocycles. The normalized spacial score (nSPS) is 18.0. The van der Waals surface area contributed by atoms with Crippen molar-refractivity contribution in [3.8, 4) is 0 Å². The first-order valence-electron chi connectivity index (χ1n) is 16.5. The maximum absolute atomic E-state index is 13.3. The highest BCUT2D eigenvalue weighted by Crippen LogP contribution is 2.37. The molecule has 4 aliphatic rings. The van der Waals surface area contributed by atoms with E-state index in [0.717, 1.165) is 47.5 Å². The summed E-state index contributed by atoms with van der Waals surface area (Å²) in [5.74, 6) is -0.865. The Bertz CT molecular complexity index is 1730. The fourth-order valence-corrected chi connectivity index (χ4v) is 10.3. The zero-order chi connectivity index (χ0) is 33.5. The highest BCUT2D eigenvalue weighted by molar-refractivity contribution is 7.03. The lowest BCUT2D eigenvalue weighted by Gasteiger charge is -2.37. The summed E-state index contributed by atoms with van der Waals surface area (Å²) in [6, 6.07) is 6.94. The summed E-state index contributed by atoms with van der Waals surface area (Å²) >= 11 is 0. The van der Waals surface area contributed by atoms with Crippen LogP contribution >= 0.6 is 0 Å². The number of unbranched alkanes of at least 4 members (excludes halogenated alkanes) is 2. The number of nitrogens with zero attached hydrogens (tertiary/aromatic N) is 4. The van der Waals surface area contributed by atoms with Crippen LogP contribution in [-0.2, 0) is 32.0 Å². The molecule has 4 amide bonds. The van der Waals surface area contributed by atoms with E-state index in [1.165, 1.54) is 45.0 Å². The first kappa shape index (κ1) is 32.4. The van der Waals surface area contributed by atoms with Crippen molar-refractivity contribution in [3.05, 3.63) is 64.7 Å². The van der Waals surface area contributed by atoms with Crippen molar-refractivity contribution in [3.63, 3.8) is 0 Å². The van der Waals surface area contributed by atoms with E-state index in [4.69, 9.17) is 4.74 Å². The zero-order valence-electron chi connectivity index (χ0n) is 27.8. The molecule has 0 radical (unpaired) electrons. The van der Waals surface area contributed by atoms with Gasteiger partial charge in [-0.2, -0.15) is 4.99 Å². The van der Waals surface area contributed by atoms with Crippen LogP contribution in [0.15, 0.2) is 41.9 Å². The van der Waals surface area contributed by atoms with Crippen LogP contribution in [0.2, 0.25) is 13.1 Å². The van der Waals surface area contributed by atoms with Crippen LogP contribution in [0.25, 0.3) is 6.08 Å². The summed E-state index contributed by atoms with van der Waals surface area (Å²) in [7, 11) is 2.08. The number of hydrogen-bond acceptors (Lipinski definition) is 7. The van der Waals surface area contributed by atoms with Gasteiger partial charge in [0.2, 0.25) is 5.91 Å². The van der Waals surface area contributed by atoms with Gasteiger partial charge in [0.15, 0.2) is 0 Å². The van der Waals surface area contributed by atoms with Gasteiger partial charge in [-0.25, -0.2) is 4.79 Å². The summed E-state index contributed by atoms with van der Waals surface area (Å²) in [6.07, 6.45) is 7.92. The maximum Gasteiger partial charge on any atom is 0.434 e. The fourth-order valence-electron chi connectivity index (χ4n) is 7.31. The Hall–Kier alpha value is -4.51. The molecular weight excluding hydrogens is 611 g/mol. The predicted octanol–water partition coefficient (Wildman–Crippen LogP) is 3.03. The van der Waals surface area contributed by atoms with E-state index >= 15 is 0 Å². The number of rotatable bonds is 10. The number of anilines is 2. The van der Waals surface area contributed by atoms with Crippen molar-refractivity contribution in [2.45, 2.75) is 51.6 Å². The Kier molecular flexibility index (Phi) is 8.93. The highest BCUT2D eigenvalue weighted by Gasteiger charge is 2.42. The van der Waals surface area contributed by atoms with Crippen LogP contribution in [0.1, 0.15) is 53.5 Å². The second-order valence-electron chi connectivity index (χ2n) is 13.3. The molecule has 1 N–H and O–H groups in total. The second-order valence-corrected chi connectivity index (χ2v) is 17.6. The molecule has 0 spiro atoms. The third kappa shape index (κ3) is 6.04. The Morgan fingerprint density at radius 3 is 2.43 bits per heavy atom.